The summed E-state index contributed by atoms with van der Waals surface area (Å²) in [5.41, 5.74) is 13.8. The molecular weight excluding hydrogens is 252 g/mol. The molecule has 0 aliphatic heterocycles. The zero-order valence-corrected chi connectivity index (χ0v) is 11.1. The summed E-state index contributed by atoms with van der Waals surface area (Å²) in [5.74, 6) is 1.36. The van der Waals surface area contributed by atoms with Crippen LogP contribution in [0.2, 0.25) is 0 Å². The van der Waals surface area contributed by atoms with E-state index in [9.17, 15) is 0 Å². The first-order valence-corrected chi connectivity index (χ1v) is 6.07. The molecule has 0 radical (unpaired) electrons. The Morgan fingerprint density at radius 3 is 2.55 bits per heavy atom. The third-order valence-corrected chi connectivity index (χ3v) is 2.87. The highest BCUT2D eigenvalue weighted by molar-refractivity contribution is 6.07. The lowest BCUT2D eigenvalue weighted by Crippen LogP contribution is -1.99. The summed E-state index contributed by atoms with van der Waals surface area (Å²) in [6, 6.07) is 8.91. The summed E-state index contributed by atoms with van der Waals surface area (Å²) in [5, 5.41) is 7.34. The summed E-state index contributed by atoms with van der Waals surface area (Å²) in [6.07, 6.45) is 4.15. The number of benzene rings is 1. The van der Waals surface area contributed by atoms with Crippen molar-refractivity contribution in [3.63, 3.8) is 0 Å². The zero-order valence-electron chi connectivity index (χ0n) is 11.1. The van der Waals surface area contributed by atoms with Gasteiger partial charge < -0.3 is 21.6 Å². The summed E-state index contributed by atoms with van der Waals surface area (Å²) in [6.45, 7) is 1.88. The number of anilines is 1. The number of nitrogens with zero attached hydrogens (tertiary/aromatic N) is 1. The van der Waals surface area contributed by atoms with Gasteiger partial charge in [-0.3, -0.25) is 4.98 Å². The van der Waals surface area contributed by atoms with Crippen molar-refractivity contribution in [1.82, 2.24) is 4.98 Å². The van der Waals surface area contributed by atoms with E-state index < -0.39 is 0 Å². The van der Waals surface area contributed by atoms with Crippen LogP contribution in [0.5, 0.6) is 11.5 Å². The second kappa shape index (κ2) is 5.88. The first-order chi connectivity index (χ1) is 9.65. The van der Waals surface area contributed by atoms with E-state index in [0.717, 1.165) is 5.56 Å². The Labute approximate surface area is 117 Å². The zero-order chi connectivity index (χ0) is 14.5. The summed E-state index contributed by atoms with van der Waals surface area (Å²) in [7, 11) is 0. The number of pyridine rings is 1. The SMILES string of the molecule is Cc1c(Oc2ccc(N)cc2)ccnc1/C(C=N)=C/N. The number of nitrogen functional groups attached to an aromatic ring is 1. The molecular formula is C15H16N4O. The molecule has 2 rings (SSSR count). The predicted molar refractivity (Wildman–Crippen MR) is 80.9 cm³/mol. The lowest BCUT2D eigenvalue weighted by atomic mass is 10.1. The van der Waals surface area contributed by atoms with Gasteiger partial charge in [-0.1, -0.05) is 0 Å². The molecule has 5 N–H and O–H groups in total. The fourth-order valence-electron chi connectivity index (χ4n) is 1.78. The van der Waals surface area contributed by atoms with Crippen LogP contribution in [0, 0.1) is 12.3 Å². The van der Waals surface area contributed by atoms with Crippen molar-refractivity contribution in [2.75, 3.05) is 5.73 Å². The fraction of sp³-hybridized carbons (Fsp3) is 0.0667. The minimum Gasteiger partial charge on any atom is -0.457 e. The second-order valence-corrected chi connectivity index (χ2v) is 4.22. The van der Waals surface area contributed by atoms with E-state index in [4.69, 9.17) is 21.6 Å². The molecule has 0 spiro atoms. The molecule has 0 bridgehead atoms. The van der Waals surface area contributed by atoms with Crippen LogP contribution >= 0.6 is 0 Å². The Balaban J connectivity index is 2.36. The average Bonchev–Trinajstić information content (AvgIpc) is 2.46. The standard InChI is InChI=1S/C15H16N4O/c1-10-14(20-13-4-2-12(18)3-5-13)6-7-19-15(10)11(8-16)9-17/h2-9,16H,17-18H2,1H3/b11-9+,16-8?. The van der Waals surface area contributed by atoms with E-state index in [1.54, 1.807) is 36.5 Å². The molecule has 1 aromatic carbocycles. The van der Waals surface area contributed by atoms with E-state index >= 15 is 0 Å². The molecule has 0 unspecified atom stereocenters. The summed E-state index contributed by atoms with van der Waals surface area (Å²) >= 11 is 0. The topological polar surface area (TPSA) is 98.0 Å². The molecule has 0 amide bonds. The first kappa shape index (κ1) is 13.6. The van der Waals surface area contributed by atoms with E-state index in [0.29, 0.717) is 28.5 Å². The number of rotatable bonds is 4. The molecule has 2 aromatic rings. The Morgan fingerprint density at radius 1 is 1.25 bits per heavy atom. The molecule has 20 heavy (non-hydrogen) atoms. The number of allylic oxidation sites excluding steroid dienone is 1. The lowest BCUT2D eigenvalue weighted by Gasteiger charge is -2.12. The van der Waals surface area contributed by atoms with Crippen LogP contribution < -0.4 is 16.2 Å². The highest BCUT2D eigenvalue weighted by Crippen LogP contribution is 2.28. The Morgan fingerprint density at radius 2 is 1.95 bits per heavy atom. The van der Waals surface area contributed by atoms with Gasteiger partial charge in [0.25, 0.3) is 0 Å². The number of aromatic nitrogens is 1. The Hall–Kier alpha value is -2.82. The van der Waals surface area contributed by atoms with Crippen LogP contribution in [-0.4, -0.2) is 11.2 Å². The Bertz CT molecular complexity index is 647. The maximum absolute atomic E-state index is 7.34. The summed E-state index contributed by atoms with van der Waals surface area (Å²) < 4.78 is 5.81. The number of nitrogens with two attached hydrogens (primary N) is 2. The average molecular weight is 268 g/mol. The minimum atomic E-state index is 0.547. The van der Waals surface area contributed by atoms with Gasteiger partial charge >= 0.3 is 0 Å². The minimum absolute atomic E-state index is 0.547. The van der Waals surface area contributed by atoms with Crippen molar-refractivity contribution in [2.45, 2.75) is 6.92 Å². The third kappa shape index (κ3) is 2.77. The van der Waals surface area contributed by atoms with Gasteiger partial charge in [0.2, 0.25) is 0 Å². The van der Waals surface area contributed by atoms with Crippen LogP contribution in [0.25, 0.3) is 5.57 Å². The van der Waals surface area contributed by atoms with Crippen molar-refractivity contribution in [3.8, 4) is 11.5 Å². The van der Waals surface area contributed by atoms with Crippen molar-refractivity contribution in [2.24, 2.45) is 5.73 Å². The van der Waals surface area contributed by atoms with E-state index in [1.807, 2.05) is 6.92 Å². The lowest BCUT2D eigenvalue weighted by molar-refractivity contribution is 0.478. The van der Waals surface area contributed by atoms with Gasteiger partial charge in [-0.05, 0) is 37.3 Å². The molecule has 0 fully saturated rings. The quantitative estimate of drug-likeness (QED) is 0.586. The van der Waals surface area contributed by atoms with Crippen LogP contribution in [-0.2, 0) is 0 Å². The van der Waals surface area contributed by atoms with E-state index in [1.165, 1.54) is 12.4 Å². The van der Waals surface area contributed by atoms with Crippen molar-refractivity contribution < 1.29 is 4.74 Å². The second-order valence-electron chi connectivity index (χ2n) is 4.22. The van der Waals surface area contributed by atoms with Crippen LogP contribution in [0.15, 0.2) is 42.7 Å². The number of ether oxygens (including phenoxy) is 1. The van der Waals surface area contributed by atoms with Gasteiger partial charge in [-0.2, -0.15) is 0 Å². The number of nitrogens with one attached hydrogen (secondary N) is 1. The maximum Gasteiger partial charge on any atom is 0.134 e. The third-order valence-electron chi connectivity index (χ3n) is 2.87. The molecule has 0 atom stereocenters. The molecule has 5 heteroatoms. The molecule has 0 aliphatic carbocycles. The van der Waals surface area contributed by atoms with Crippen LogP contribution in [0.3, 0.4) is 0 Å². The first-order valence-electron chi connectivity index (χ1n) is 6.07. The van der Waals surface area contributed by atoms with E-state index in [2.05, 4.69) is 4.98 Å². The number of hydrogen-bond acceptors (Lipinski definition) is 5. The van der Waals surface area contributed by atoms with Crippen molar-refractivity contribution >= 4 is 17.5 Å². The van der Waals surface area contributed by atoms with Gasteiger partial charge in [-0.25, -0.2) is 0 Å². The predicted octanol–water partition coefficient (Wildman–Crippen LogP) is 2.71. The molecule has 0 aliphatic rings. The van der Waals surface area contributed by atoms with Gasteiger partial charge in [0, 0.05) is 35.4 Å². The fourth-order valence-corrected chi connectivity index (χ4v) is 1.78. The van der Waals surface area contributed by atoms with Crippen LogP contribution in [0.4, 0.5) is 5.69 Å². The van der Waals surface area contributed by atoms with E-state index in [-0.39, 0.29) is 0 Å². The highest BCUT2D eigenvalue weighted by Gasteiger charge is 2.10. The largest absolute Gasteiger partial charge is 0.457 e. The van der Waals surface area contributed by atoms with Crippen molar-refractivity contribution in [1.29, 1.82) is 5.41 Å². The molecule has 1 heterocycles. The Kier molecular flexibility index (Phi) is 4.00. The van der Waals surface area contributed by atoms with Gasteiger partial charge in [0.1, 0.15) is 11.5 Å². The normalized spacial score (nSPS) is 11.2. The van der Waals surface area contributed by atoms with Crippen LogP contribution in [0.1, 0.15) is 11.3 Å². The van der Waals surface area contributed by atoms with Gasteiger partial charge in [-0.15, -0.1) is 0 Å². The number of hydrogen-bond donors (Lipinski definition) is 3. The molecule has 0 saturated heterocycles. The smallest absolute Gasteiger partial charge is 0.134 e. The molecule has 5 nitrogen and oxygen atoms in total. The summed E-state index contributed by atoms with van der Waals surface area (Å²) in [4.78, 5) is 4.24. The van der Waals surface area contributed by atoms with Crippen molar-refractivity contribution in [3.05, 3.63) is 54.0 Å². The van der Waals surface area contributed by atoms with Gasteiger partial charge in [0.15, 0.2) is 0 Å². The highest BCUT2D eigenvalue weighted by atomic mass is 16.5. The monoisotopic (exact) mass is 268 g/mol. The molecule has 102 valence electrons. The van der Waals surface area contributed by atoms with Gasteiger partial charge in [0.05, 0.1) is 5.69 Å². The molecule has 0 saturated carbocycles. The molecule has 1 aromatic heterocycles. The maximum atomic E-state index is 7.34.